The van der Waals surface area contributed by atoms with Gasteiger partial charge in [-0.05, 0) is 12.1 Å². The van der Waals surface area contributed by atoms with Crippen LogP contribution in [0.3, 0.4) is 0 Å². The zero-order chi connectivity index (χ0) is 18.2. The Morgan fingerprint density at radius 3 is 2.84 bits per heavy atom. The molecule has 0 amide bonds. The van der Waals surface area contributed by atoms with Gasteiger partial charge in [0.2, 0.25) is 5.72 Å². The molecule has 1 aliphatic heterocycles. The van der Waals surface area contributed by atoms with Crippen molar-refractivity contribution in [1.29, 1.82) is 0 Å². The second-order valence-electron chi connectivity index (χ2n) is 5.49. The molecule has 136 valence electrons. The number of hydrogen-bond acceptors (Lipinski definition) is 7. The number of aliphatic hydroxyl groups excluding tert-OH is 1. The lowest BCUT2D eigenvalue weighted by atomic mass is 10.1. The van der Waals surface area contributed by atoms with E-state index in [1.807, 2.05) is 0 Å². The van der Waals surface area contributed by atoms with E-state index in [0.29, 0.717) is 0 Å². The minimum atomic E-state index is -4.75. The summed E-state index contributed by atoms with van der Waals surface area (Å²) in [4.78, 5) is 17.4. The SMILES string of the molecule is O=P(O)(O)OC[C@H]1OC[C@@](O)(n2cc(-c3ccccc3F)nn2)[C@H]1O. The summed E-state index contributed by atoms with van der Waals surface area (Å²) in [5.74, 6) is -0.530. The minimum absolute atomic E-state index is 0.133. The molecule has 0 spiro atoms. The van der Waals surface area contributed by atoms with Gasteiger partial charge in [0, 0.05) is 5.56 Å². The van der Waals surface area contributed by atoms with Crippen LogP contribution in [0.2, 0.25) is 0 Å². The fourth-order valence-electron chi connectivity index (χ4n) is 2.46. The molecule has 1 aromatic heterocycles. The van der Waals surface area contributed by atoms with Crippen LogP contribution < -0.4 is 0 Å². The Kier molecular flexibility index (Phi) is 4.73. The van der Waals surface area contributed by atoms with E-state index >= 15 is 0 Å². The first-order valence-corrected chi connectivity index (χ1v) is 8.63. The molecule has 0 aliphatic carbocycles. The molecular weight excluding hydrogens is 360 g/mol. The third-order valence-corrected chi connectivity index (χ3v) is 4.27. The van der Waals surface area contributed by atoms with E-state index in [2.05, 4.69) is 14.8 Å². The molecule has 1 aliphatic rings. The van der Waals surface area contributed by atoms with E-state index in [4.69, 9.17) is 14.5 Å². The van der Waals surface area contributed by atoms with Gasteiger partial charge in [0.05, 0.1) is 19.4 Å². The number of aliphatic hydroxyl groups is 2. The molecule has 25 heavy (non-hydrogen) atoms. The molecule has 2 aromatic rings. The summed E-state index contributed by atoms with van der Waals surface area (Å²) in [7, 11) is -4.75. The third kappa shape index (κ3) is 3.62. The van der Waals surface area contributed by atoms with Crippen LogP contribution in [0.1, 0.15) is 0 Å². The van der Waals surface area contributed by atoms with Gasteiger partial charge in [-0.2, -0.15) is 0 Å². The minimum Gasteiger partial charge on any atom is -0.385 e. The smallest absolute Gasteiger partial charge is 0.385 e. The largest absolute Gasteiger partial charge is 0.469 e. The normalized spacial score (nSPS) is 26.9. The van der Waals surface area contributed by atoms with E-state index in [9.17, 15) is 19.2 Å². The molecule has 1 saturated heterocycles. The summed E-state index contributed by atoms with van der Waals surface area (Å²) >= 11 is 0. The number of nitrogens with zero attached hydrogens (tertiary/aromatic N) is 3. The fourth-order valence-corrected chi connectivity index (χ4v) is 2.80. The number of phosphoric acid groups is 1. The van der Waals surface area contributed by atoms with Gasteiger partial charge >= 0.3 is 7.82 Å². The van der Waals surface area contributed by atoms with Crippen molar-refractivity contribution in [3.63, 3.8) is 0 Å². The van der Waals surface area contributed by atoms with Gasteiger partial charge in [0.25, 0.3) is 0 Å². The van der Waals surface area contributed by atoms with Crippen molar-refractivity contribution in [2.45, 2.75) is 17.9 Å². The maximum atomic E-state index is 13.8. The number of aromatic nitrogens is 3. The summed E-state index contributed by atoms with van der Waals surface area (Å²) in [6.07, 6.45) is -1.56. The second kappa shape index (κ2) is 6.54. The van der Waals surface area contributed by atoms with Crippen LogP contribution in [0.4, 0.5) is 4.39 Å². The third-order valence-electron chi connectivity index (χ3n) is 3.78. The highest BCUT2D eigenvalue weighted by Gasteiger charge is 2.51. The lowest BCUT2D eigenvalue weighted by molar-refractivity contribution is -0.121. The predicted octanol–water partition coefficient (Wildman–Crippen LogP) is -0.402. The first kappa shape index (κ1) is 18.1. The summed E-state index contributed by atoms with van der Waals surface area (Å²) < 4.78 is 34.9. The number of rotatable bonds is 5. The first-order valence-electron chi connectivity index (χ1n) is 7.10. The van der Waals surface area contributed by atoms with E-state index in [1.54, 1.807) is 6.07 Å². The highest BCUT2D eigenvalue weighted by Crippen LogP contribution is 2.38. The molecule has 3 rings (SSSR count). The Hall–Kier alpha value is -1.72. The van der Waals surface area contributed by atoms with Gasteiger partial charge in [-0.3, -0.25) is 4.52 Å². The van der Waals surface area contributed by atoms with Gasteiger partial charge < -0.3 is 24.7 Å². The Labute approximate surface area is 140 Å². The molecule has 4 N–H and O–H groups in total. The van der Waals surface area contributed by atoms with E-state index in [-0.39, 0.29) is 11.3 Å². The zero-order valence-corrected chi connectivity index (χ0v) is 13.5. The van der Waals surface area contributed by atoms with Crippen LogP contribution in [0.5, 0.6) is 0 Å². The zero-order valence-electron chi connectivity index (χ0n) is 12.6. The van der Waals surface area contributed by atoms with Crippen LogP contribution in [-0.4, -0.2) is 60.4 Å². The summed E-state index contributed by atoms with van der Waals surface area (Å²) in [6.45, 7) is -1.06. The highest BCUT2D eigenvalue weighted by molar-refractivity contribution is 7.46. The van der Waals surface area contributed by atoms with Crippen LogP contribution in [0, 0.1) is 5.82 Å². The standard InChI is InChI=1S/C13H15FN3O7P/c14-9-4-2-1-3-8(9)10-5-17(16-15-10)13(19)7-23-11(12(13)18)6-24-25(20,21)22/h1-5,11-12,18-19H,6-7H2,(H2,20,21,22)/t11-,12+,13+/m1/s1. The highest BCUT2D eigenvalue weighted by atomic mass is 31.2. The quantitative estimate of drug-likeness (QED) is 0.512. The average molecular weight is 375 g/mol. The Bertz CT molecular complexity index is 812. The molecule has 10 nitrogen and oxygen atoms in total. The number of hydrogen-bond donors (Lipinski definition) is 4. The van der Waals surface area contributed by atoms with Gasteiger partial charge in [0.1, 0.15) is 23.7 Å². The van der Waals surface area contributed by atoms with Crippen LogP contribution in [0.25, 0.3) is 11.3 Å². The maximum Gasteiger partial charge on any atom is 0.469 e. The molecule has 3 atom stereocenters. The van der Waals surface area contributed by atoms with Crippen molar-refractivity contribution in [3.8, 4) is 11.3 Å². The molecular formula is C13H15FN3O7P. The predicted molar refractivity (Wildman–Crippen MR) is 79.4 cm³/mol. The van der Waals surface area contributed by atoms with Crippen molar-refractivity contribution in [3.05, 3.63) is 36.3 Å². The number of phosphoric ester groups is 1. The monoisotopic (exact) mass is 375 g/mol. The number of halogens is 1. The lowest BCUT2D eigenvalue weighted by Crippen LogP contribution is -2.47. The van der Waals surface area contributed by atoms with E-state index < -0.39 is 44.8 Å². The molecule has 0 bridgehead atoms. The Morgan fingerprint density at radius 2 is 2.16 bits per heavy atom. The van der Waals surface area contributed by atoms with Gasteiger partial charge in [-0.15, -0.1) is 5.10 Å². The molecule has 0 unspecified atom stereocenters. The van der Waals surface area contributed by atoms with Crippen LogP contribution >= 0.6 is 7.82 Å². The van der Waals surface area contributed by atoms with Crippen LogP contribution in [-0.2, 0) is 19.6 Å². The average Bonchev–Trinajstić information content (AvgIpc) is 3.13. The maximum absolute atomic E-state index is 13.8. The van der Waals surface area contributed by atoms with Crippen molar-refractivity contribution in [2.24, 2.45) is 0 Å². The first-order chi connectivity index (χ1) is 11.7. The topological polar surface area (TPSA) is 147 Å². The number of benzene rings is 1. The van der Waals surface area contributed by atoms with Crippen molar-refractivity contribution < 1.29 is 38.2 Å². The Balaban J connectivity index is 1.80. The molecule has 0 saturated carbocycles. The van der Waals surface area contributed by atoms with Gasteiger partial charge in [0.15, 0.2) is 0 Å². The van der Waals surface area contributed by atoms with Crippen molar-refractivity contribution in [1.82, 2.24) is 15.0 Å². The van der Waals surface area contributed by atoms with Crippen molar-refractivity contribution >= 4 is 7.82 Å². The van der Waals surface area contributed by atoms with E-state index in [0.717, 1.165) is 4.68 Å². The molecule has 12 heteroatoms. The van der Waals surface area contributed by atoms with Crippen molar-refractivity contribution in [2.75, 3.05) is 13.2 Å². The van der Waals surface area contributed by atoms with Gasteiger partial charge in [-0.25, -0.2) is 13.6 Å². The fraction of sp³-hybridized carbons (Fsp3) is 0.385. The summed E-state index contributed by atoms with van der Waals surface area (Å²) in [5, 5.41) is 28.3. The molecule has 1 aromatic carbocycles. The number of ether oxygens (including phenoxy) is 1. The molecule has 0 radical (unpaired) electrons. The van der Waals surface area contributed by atoms with Gasteiger partial charge in [-0.1, -0.05) is 17.3 Å². The Morgan fingerprint density at radius 1 is 1.44 bits per heavy atom. The molecule has 2 heterocycles. The van der Waals surface area contributed by atoms with Crippen LogP contribution in [0.15, 0.2) is 30.5 Å². The second-order valence-corrected chi connectivity index (χ2v) is 6.73. The molecule has 1 fully saturated rings. The summed E-state index contributed by atoms with van der Waals surface area (Å²) in [5.41, 5.74) is -1.75. The summed E-state index contributed by atoms with van der Waals surface area (Å²) in [6, 6.07) is 5.84. The van der Waals surface area contributed by atoms with E-state index in [1.165, 1.54) is 24.4 Å². The lowest BCUT2D eigenvalue weighted by Gasteiger charge is -2.25.